The van der Waals surface area contributed by atoms with Crippen LogP contribution in [0.15, 0.2) is 36.4 Å². The highest BCUT2D eigenvalue weighted by molar-refractivity contribution is 6.30. The van der Waals surface area contributed by atoms with Crippen LogP contribution >= 0.6 is 11.6 Å². The monoisotopic (exact) mass is 328 g/mol. The van der Waals surface area contributed by atoms with Gasteiger partial charge in [0.2, 0.25) is 0 Å². The summed E-state index contributed by atoms with van der Waals surface area (Å²) in [4.78, 5) is 12.6. The smallest absolute Gasteiger partial charge is 0.265 e. The van der Waals surface area contributed by atoms with Crippen LogP contribution in [0.3, 0.4) is 0 Å². The quantitative estimate of drug-likeness (QED) is 0.891. The Morgan fingerprint density at radius 3 is 3.09 bits per heavy atom. The van der Waals surface area contributed by atoms with Gasteiger partial charge in [0.15, 0.2) is 6.10 Å². The first-order chi connectivity index (χ1) is 11.2. The maximum Gasteiger partial charge on any atom is 0.265 e. The van der Waals surface area contributed by atoms with E-state index in [4.69, 9.17) is 16.3 Å². The fraction of sp³-hybridized carbons (Fsp3) is 0.278. The third kappa shape index (κ3) is 2.80. The number of hydrogen-bond acceptors (Lipinski definition) is 3. The van der Waals surface area contributed by atoms with E-state index in [1.165, 1.54) is 11.1 Å². The van der Waals surface area contributed by atoms with Crippen LogP contribution in [0.5, 0.6) is 5.75 Å². The number of carbonyl (C=O) groups excluding carboxylic acids is 1. The van der Waals surface area contributed by atoms with E-state index in [1.54, 1.807) is 6.07 Å². The first-order valence-electron chi connectivity index (χ1n) is 7.78. The first kappa shape index (κ1) is 14.5. The van der Waals surface area contributed by atoms with E-state index >= 15 is 0 Å². The minimum atomic E-state index is -0.504. The van der Waals surface area contributed by atoms with Gasteiger partial charge in [0, 0.05) is 23.7 Å². The second kappa shape index (κ2) is 5.87. The number of fused-ring (bicyclic) bond motifs is 2. The number of nitrogens with one attached hydrogen (secondary N) is 2. The summed E-state index contributed by atoms with van der Waals surface area (Å²) in [6.07, 6.45) is 1.04. The maximum atomic E-state index is 12.6. The minimum Gasteiger partial charge on any atom is -0.480 e. The number of hydrogen-bond donors (Lipinski definition) is 2. The Kier molecular flexibility index (Phi) is 3.71. The second-order valence-electron chi connectivity index (χ2n) is 5.92. The summed E-state index contributed by atoms with van der Waals surface area (Å²) >= 11 is 6.00. The molecule has 1 amide bonds. The number of benzene rings is 2. The lowest BCUT2D eigenvalue weighted by molar-refractivity contribution is -0.122. The predicted molar refractivity (Wildman–Crippen MR) is 90.1 cm³/mol. The topological polar surface area (TPSA) is 50.4 Å². The molecule has 0 saturated carbocycles. The maximum absolute atomic E-state index is 12.6. The third-order valence-electron chi connectivity index (χ3n) is 4.39. The van der Waals surface area contributed by atoms with Gasteiger partial charge in [-0.05, 0) is 53.9 Å². The number of carbonyl (C=O) groups is 1. The van der Waals surface area contributed by atoms with E-state index in [9.17, 15) is 4.79 Å². The van der Waals surface area contributed by atoms with Crippen LogP contribution in [0.1, 0.15) is 16.7 Å². The molecule has 0 saturated heterocycles. The molecule has 0 aromatic heterocycles. The molecule has 23 heavy (non-hydrogen) atoms. The van der Waals surface area contributed by atoms with Crippen molar-refractivity contribution in [3.63, 3.8) is 0 Å². The van der Waals surface area contributed by atoms with Crippen molar-refractivity contribution in [1.82, 2.24) is 5.32 Å². The largest absolute Gasteiger partial charge is 0.480 e. The van der Waals surface area contributed by atoms with Gasteiger partial charge in [-0.25, -0.2) is 0 Å². The standard InChI is InChI=1S/C18H17ClN2O2/c19-13-4-5-16-12(8-13)9-17(23-16)18(22)21-15-3-1-2-11-6-7-20-10-14(11)15/h1-5,8,17,20H,6-7,9-10H2,(H,21,22). The second-order valence-corrected chi connectivity index (χ2v) is 6.36. The molecule has 2 N–H and O–H groups in total. The highest BCUT2D eigenvalue weighted by Crippen LogP contribution is 2.32. The van der Waals surface area contributed by atoms with Gasteiger partial charge in [0.1, 0.15) is 5.75 Å². The van der Waals surface area contributed by atoms with Crippen molar-refractivity contribution in [2.75, 3.05) is 11.9 Å². The van der Waals surface area contributed by atoms with E-state index in [0.29, 0.717) is 11.4 Å². The van der Waals surface area contributed by atoms with Gasteiger partial charge in [0.25, 0.3) is 5.91 Å². The van der Waals surface area contributed by atoms with Crippen molar-refractivity contribution < 1.29 is 9.53 Å². The molecule has 118 valence electrons. The number of amides is 1. The molecule has 2 heterocycles. The summed E-state index contributed by atoms with van der Waals surface area (Å²) < 4.78 is 5.75. The zero-order chi connectivity index (χ0) is 15.8. The summed E-state index contributed by atoms with van der Waals surface area (Å²) in [6, 6.07) is 11.5. The Hall–Kier alpha value is -2.04. The molecule has 2 aliphatic heterocycles. The van der Waals surface area contributed by atoms with Crippen molar-refractivity contribution in [1.29, 1.82) is 0 Å². The Bertz CT molecular complexity index is 776. The lowest BCUT2D eigenvalue weighted by atomic mass is 9.99. The molecular weight excluding hydrogens is 312 g/mol. The average molecular weight is 329 g/mol. The van der Waals surface area contributed by atoms with Crippen LogP contribution in [0.2, 0.25) is 5.02 Å². The van der Waals surface area contributed by atoms with Crippen LogP contribution in [0, 0.1) is 0 Å². The van der Waals surface area contributed by atoms with Crippen molar-refractivity contribution in [2.45, 2.75) is 25.5 Å². The Morgan fingerprint density at radius 2 is 2.17 bits per heavy atom. The number of ether oxygens (including phenoxy) is 1. The Balaban J connectivity index is 1.52. The fourth-order valence-corrected chi connectivity index (χ4v) is 3.40. The minimum absolute atomic E-state index is 0.115. The van der Waals surface area contributed by atoms with Crippen molar-refractivity contribution in [2.24, 2.45) is 0 Å². The highest BCUT2D eigenvalue weighted by Gasteiger charge is 2.29. The third-order valence-corrected chi connectivity index (χ3v) is 4.63. The number of rotatable bonds is 2. The number of halogens is 1. The molecule has 1 unspecified atom stereocenters. The summed E-state index contributed by atoms with van der Waals surface area (Å²) in [6.45, 7) is 1.76. The average Bonchev–Trinajstić information content (AvgIpc) is 2.98. The van der Waals surface area contributed by atoms with Crippen LogP contribution < -0.4 is 15.4 Å². The van der Waals surface area contributed by atoms with Crippen LogP contribution in [-0.2, 0) is 24.2 Å². The number of anilines is 1. The molecule has 0 bridgehead atoms. The van der Waals surface area contributed by atoms with E-state index in [1.807, 2.05) is 24.3 Å². The molecule has 0 fully saturated rings. The molecule has 2 aliphatic rings. The molecular formula is C18H17ClN2O2. The van der Waals surface area contributed by atoms with Crippen LogP contribution in [0.25, 0.3) is 0 Å². The van der Waals surface area contributed by atoms with Gasteiger partial charge in [-0.3, -0.25) is 4.79 Å². The molecule has 1 atom stereocenters. The molecule has 0 spiro atoms. The van der Waals surface area contributed by atoms with Gasteiger partial charge in [-0.1, -0.05) is 23.7 Å². The normalized spacial score (nSPS) is 18.7. The predicted octanol–water partition coefficient (Wildman–Crippen LogP) is 2.93. The van der Waals surface area contributed by atoms with Crippen LogP contribution in [-0.4, -0.2) is 18.6 Å². The Morgan fingerprint density at radius 1 is 1.26 bits per heavy atom. The van der Waals surface area contributed by atoms with Gasteiger partial charge < -0.3 is 15.4 Å². The summed E-state index contributed by atoms with van der Waals surface area (Å²) in [5, 5.41) is 7.04. The first-order valence-corrected chi connectivity index (χ1v) is 8.16. The zero-order valence-corrected chi connectivity index (χ0v) is 13.3. The Labute approximate surface area is 139 Å². The highest BCUT2D eigenvalue weighted by atomic mass is 35.5. The molecule has 5 heteroatoms. The lowest BCUT2D eigenvalue weighted by Crippen LogP contribution is -2.33. The SMILES string of the molecule is O=C(Nc1cccc2c1CNCC2)C1Cc2cc(Cl)ccc2O1. The summed E-state index contributed by atoms with van der Waals surface area (Å²) in [5.74, 6) is 0.627. The van der Waals surface area contributed by atoms with Crippen molar-refractivity contribution in [3.8, 4) is 5.75 Å². The summed E-state index contributed by atoms with van der Waals surface area (Å²) in [7, 11) is 0. The molecule has 2 aromatic rings. The lowest BCUT2D eigenvalue weighted by Gasteiger charge is -2.21. The van der Waals surface area contributed by atoms with Gasteiger partial charge in [0.05, 0.1) is 0 Å². The van der Waals surface area contributed by atoms with E-state index in [-0.39, 0.29) is 5.91 Å². The van der Waals surface area contributed by atoms with E-state index < -0.39 is 6.10 Å². The molecule has 4 nitrogen and oxygen atoms in total. The fourth-order valence-electron chi connectivity index (χ4n) is 3.21. The van der Waals surface area contributed by atoms with Crippen molar-refractivity contribution in [3.05, 3.63) is 58.1 Å². The van der Waals surface area contributed by atoms with Gasteiger partial charge in [-0.2, -0.15) is 0 Å². The summed E-state index contributed by atoms with van der Waals surface area (Å²) in [5.41, 5.74) is 4.32. The molecule has 4 rings (SSSR count). The molecule has 2 aromatic carbocycles. The van der Waals surface area contributed by atoms with E-state index in [0.717, 1.165) is 36.5 Å². The van der Waals surface area contributed by atoms with Crippen LogP contribution in [0.4, 0.5) is 5.69 Å². The van der Waals surface area contributed by atoms with Gasteiger partial charge >= 0.3 is 0 Å². The zero-order valence-electron chi connectivity index (χ0n) is 12.6. The van der Waals surface area contributed by atoms with Crippen molar-refractivity contribution >= 4 is 23.2 Å². The molecule has 0 aliphatic carbocycles. The molecule has 0 radical (unpaired) electrons. The van der Waals surface area contributed by atoms with E-state index in [2.05, 4.69) is 16.7 Å². The van der Waals surface area contributed by atoms with Gasteiger partial charge in [-0.15, -0.1) is 0 Å².